The number of carbonyl (C=O) groups is 1. The van der Waals surface area contributed by atoms with Crippen molar-refractivity contribution in [3.63, 3.8) is 0 Å². The van der Waals surface area contributed by atoms with Crippen molar-refractivity contribution in [3.05, 3.63) is 60.2 Å². The Hall–Kier alpha value is -3.22. The van der Waals surface area contributed by atoms with Crippen molar-refractivity contribution >= 4 is 11.6 Å². The predicted octanol–water partition coefficient (Wildman–Crippen LogP) is 3.88. The van der Waals surface area contributed by atoms with Crippen molar-refractivity contribution in [1.29, 1.82) is 0 Å². The normalized spacial score (nSPS) is 19.4. The van der Waals surface area contributed by atoms with Gasteiger partial charge in [0, 0.05) is 61.3 Å². The lowest BCUT2D eigenvalue weighted by atomic mass is 9.96. The lowest BCUT2D eigenvalue weighted by Gasteiger charge is -2.32. The number of nitrogens with zero attached hydrogens (tertiary/aromatic N) is 5. The van der Waals surface area contributed by atoms with Crippen molar-refractivity contribution < 1.29 is 4.79 Å². The van der Waals surface area contributed by atoms with E-state index in [-0.39, 0.29) is 11.8 Å². The van der Waals surface area contributed by atoms with Crippen molar-refractivity contribution in [2.45, 2.75) is 38.0 Å². The van der Waals surface area contributed by atoms with Crippen LogP contribution in [0.4, 0.5) is 5.69 Å². The summed E-state index contributed by atoms with van der Waals surface area (Å²) in [6.45, 7) is 3.67. The van der Waals surface area contributed by atoms with E-state index in [1.165, 1.54) is 24.9 Å². The number of piperidine rings is 2. The third kappa shape index (κ3) is 4.31. The minimum absolute atomic E-state index is 0.101. The van der Waals surface area contributed by atoms with Crippen LogP contribution < -0.4 is 4.90 Å². The number of carbonyl (C=O) groups excluding carboxylic acids is 1. The van der Waals surface area contributed by atoms with Gasteiger partial charge in [-0.2, -0.15) is 5.10 Å². The van der Waals surface area contributed by atoms with Crippen LogP contribution in [0.15, 0.2) is 48.8 Å². The molecule has 0 spiro atoms. The maximum absolute atomic E-state index is 13.2. The first-order valence-corrected chi connectivity index (χ1v) is 11.2. The highest BCUT2D eigenvalue weighted by molar-refractivity contribution is 5.94. The number of hydrogen-bond acceptors (Lipinski definition) is 5. The Labute approximate surface area is 182 Å². The molecule has 0 radical (unpaired) electrons. The number of aromatic nitrogens is 4. The summed E-state index contributed by atoms with van der Waals surface area (Å²) in [5, 5.41) is 7.46. The number of benzene rings is 1. The molecule has 5 rings (SSSR count). The van der Waals surface area contributed by atoms with E-state index < -0.39 is 0 Å². The highest BCUT2D eigenvalue weighted by Crippen LogP contribution is 2.27. The van der Waals surface area contributed by atoms with Crippen molar-refractivity contribution in [2.24, 2.45) is 0 Å². The fraction of sp³-hybridized carbons (Fsp3) is 0.417. The molecule has 0 unspecified atom stereocenters. The van der Waals surface area contributed by atoms with E-state index in [2.05, 4.69) is 32.2 Å². The molecule has 1 atom stereocenters. The molecule has 7 nitrogen and oxygen atoms in total. The second-order valence-electron chi connectivity index (χ2n) is 8.47. The summed E-state index contributed by atoms with van der Waals surface area (Å²) in [5.41, 5.74) is 2.92. The minimum atomic E-state index is 0.101. The van der Waals surface area contributed by atoms with E-state index >= 15 is 0 Å². The number of aromatic amines is 1. The minimum Gasteiger partial charge on any atom is -0.372 e. The number of hydrogen-bond donors (Lipinski definition) is 1. The summed E-state index contributed by atoms with van der Waals surface area (Å²) in [7, 11) is 0. The fourth-order valence-electron chi connectivity index (χ4n) is 4.62. The Morgan fingerprint density at radius 1 is 0.935 bits per heavy atom. The monoisotopic (exact) mass is 416 g/mol. The number of H-pyrrole nitrogens is 1. The molecule has 1 amide bonds. The molecule has 0 bridgehead atoms. The number of pyridine rings is 1. The second kappa shape index (κ2) is 8.88. The molecule has 2 saturated heterocycles. The summed E-state index contributed by atoms with van der Waals surface area (Å²) in [6, 6.07) is 11.9. The van der Waals surface area contributed by atoms with Crippen LogP contribution in [0.1, 0.15) is 54.2 Å². The molecule has 4 heterocycles. The van der Waals surface area contributed by atoms with Gasteiger partial charge in [-0.25, -0.2) is 4.98 Å². The van der Waals surface area contributed by atoms with Crippen LogP contribution in [-0.4, -0.2) is 57.2 Å². The molecule has 7 heteroatoms. The summed E-state index contributed by atoms with van der Waals surface area (Å²) >= 11 is 0. The largest absolute Gasteiger partial charge is 0.372 e. The summed E-state index contributed by atoms with van der Waals surface area (Å²) < 4.78 is 0. The fourth-order valence-corrected chi connectivity index (χ4v) is 4.62. The number of nitrogens with one attached hydrogen (secondary N) is 1. The van der Waals surface area contributed by atoms with E-state index in [0.29, 0.717) is 12.4 Å². The molecule has 0 aliphatic carbocycles. The SMILES string of the molecule is O=C(c1ccc(N2CCCCC2)cc1)N1CCC[C@H](c2nc(-c3ccncc3)n[nH]2)C1. The first-order valence-electron chi connectivity index (χ1n) is 11.2. The highest BCUT2D eigenvalue weighted by atomic mass is 16.2. The molecule has 2 aliphatic heterocycles. The Morgan fingerprint density at radius 3 is 2.48 bits per heavy atom. The molecular formula is C24H28N6O. The molecule has 2 aromatic heterocycles. The van der Waals surface area contributed by atoms with E-state index in [4.69, 9.17) is 4.98 Å². The van der Waals surface area contributed by atoms with Crippen LogP contribution in [0.5, 0.6) is 0 Å². The first-order chi connectivity index (χ1) is 15.3. The van der Waals surface area contributed by atoms with Gasteiger partial charge in [-0.1, -0.05) is 0 Å². The third-order valence-corrected chi connectivity index (χ3v) is 6.37. The molecule has 31 heavy (non-hydrogen) atoms. The topological polar surface area (TPSA) is 78.0 Å². The van der Waals surface area contributed by atoms with Crippen LogP contribution in [0.2, 0.25) is 0 Å². The number of anilines is 1. The van der Waals surface area contributed by atoms with E-state index in [9.17, 15) is 4.79 Å². The lowest BCUT2D eigenvalue weighted by molar-refractivity contribution is 0.0704. The van der Waals surface area contributed by atoms with Gasteiger partial charge in [-0.15, -0.1) is 0 Å². The van der Waals surface area contributed by atoms with Crippen molar-refractivity contribution in [3.8, 4) is 11.4 Å². The zero-order valence-corrected chi connectivity index (χ0v) is 17.7. The Kier molecular flexibility index (Phi) is 5.65. The van der Waals surface area contributed by atoms with Gasteiger partial charge in [-0.05, 0) is 68.5 Å². The third-order valence-electron chi connectivity index (χ3n) is 6.37. The molecule has 3 aromatic rings. The molecule has 0 saturated carbocycles. The van der Waals surface area contributed by atoms with Crippen molar-refractivity contribution in [2.75, 3.05) is 31.1 Å². The average molecular weight is 417 g/mol. The molecule has 2 aliphatic rings. The zero-order chi connectivity index (χ0) is 21.0. The van der Waals surface area contributed by atoms with Crippen LogP contribution in [0.3, 0.4) is 0 Å². The van der Waals surface area contributed by atoms with E-state index in [1.807, 2.05) is 29.2 Å². The van der Waals surface area contributed by atoms with Gasteiger partial charge in [0.2, 0.25) is 0 Å². The quantitative estimate of drug-likeness (QED) is 0.698. The van der Waals surface area contributed by atoms with Gasteiger partial charge in [0.05, 0.1) is 0 Å². The van der Waals surface area contributed by atoms with Gasteiger partial charge in [-0.3, -0.25) is 14.9 Å². The maximum atomic E-state index is 13.2. The van der Waals surface area contributed by atoms with Crippen LogP contribution >= 0.6 is 0 Å². The molecular weight excluding hydrogens is 388 g/mol. The van der Waals surface area contributed by atoms with Crippen LogP contribution in [-0.2, 0) is 0 Å². The average Bonchev–Trinajstić information content (AvgIpc) is 3.35. The summed E-state index contributed by atoms with van der Waals surface area (Å²) in [5.74, 6) is 1.80. The lowest BCUT2D eigenvalue weighted by Crippen LogP contribution is -2.39. The molecule has 2 fully saturated rings. The summed E-state index contributed by atoms with van der Waals surface area (Å²) in [4.78, 5) is 26.3. The van der Waals surface area contributed by atoms with Gasteiger partial charge in [0.25, 0.3) is 5.91 Å². The number of rotatable bonds is 4. The van der Waals surface area contributed by atoms with Gasteiger partial charge < -0.3 is 9.80 Å². The van der Waals surface area contributed by atoms with Gasteiger partial charge in [0.1, 0.15) is 5.82 Å². The smallest absolute Gasteiger partial charge is 0.253 e. The molecule has 160 valence electrons. The second-order valence-corrected chi connectivity index (χ2v) is 8.47. The van der Waals surface area contributed by atoms with Gasteiger partial charge >= 0.3 is 0 Å². The van der Waals surface area contributed by atoms with E-state index in [0.717, 1.165) is 49.4 Å². The van der Waals surface area contributed by atoms with Crippen LogP contribution in [0.25, 0.3) is 11.4 Å². The Morgan fingerprint density at radius 2 is 1.71 bits per heavy atom. The molecule has 1 aromatic carbocycles. The standard InChI is InChI=1S/C24H28N6O/c31-24(19-6-8-21(9-7-19)29-14-2-1-3-15-29)30-16-4-5-20(17-30)23-26-22(27-28-23)18-10-12-25-13-11-18/h6-13,20H,1-5,14-17H2,(H,26,27,28)/t20-/m0/s1. The zero-order valence-electron chi connectivity index (χ0n) is 17.7. The number of amides is 1. The van der Waals surface area contributed by atoms with E-state index in [1.54, 1.807) is 12.4 Å². The van der Waals surface area contributed by atoms with Crippen molar-refractivity contribution in [1.82, 2.24) is 25.1 Å². The number of likely N-dealkylation sites (tertiary alicyclic amines) is 1. The van der Waals surface area contributed by atoms with Crippen LogP contribution in [0, 0.1) is 0 Å². The van der Waals surface area contributed by atoms with Gasteiger partial charge in [0.15, 0.2) is 5.82 Å². The molecule has 1 N–H and O–H groups in total. The highest BCUT2D eigenvalue weighted by Gasteiger charge is 2.28. The summed E-state index contributed by atoms with van der Waals surface area (Å²) in [6.07, 6.45) is 9.27. The first kappa shape index (κ1) is 19.7. The maximum Gasteiger partial charge on any atom is 0.253 e. The Balaban J connectivity index is 1.26. The Bertz CT molecular complexity index is 1010. The predicted molar refractivity (Wildman–Crippen MR) is 120 cm³/mol.